The Balaban J connectivity index is 1.88. The molecule has 2 heterocycles. The number of benzene rings is 2. The molecule has 0 radical (unpaired) electrons. The molecule has 0 saturated carbocycles. The van der Waals surface area contributed by atoms with Crippen molar-refractivity contribution in [2.75, 3.05) is 25.1 Å². The average Bonchev–Trinajstić information content (AvgIpc) is 3.22. The molecular weight excluding hydrogens is 454 g/mol. The van der Waals surface area contributed by atoms with Gasteiger partial charge < -0.3 is 19.5 Å². The van der Waals surface area contributed by atoms with E-state index in [1.54, 1.807) is 0 Å². The zero-order valence-electron chi connectivity index (χ0n) is 22.0. The molecule has 3 aromatic rings. The van der Waals surface area contributed by atoms with E-state index in [9.17, 15) is 4.79 Å². The number of fused-ring (bicyclic) bond motifs is 3. The van der Waals surface area contributed by atoms with Gasteiger partial charge in [-0.25, -0.2) is 9.78 Å². The second-order valence-corrected chi connectivity index (χ2v) is 9.35. The van der Waals surface area contributed by atoms with Gasteiger partial charge in [0, 0.05) is 5.70 Å². The van der Waals surface area contributed by atoms with Crippen molar-refractivity contribution < 1.29 is 19.0 Å². The molecule has 1 N–H and O–H groups in total. The third-order valence-electron chi connectivity index (χ3n) is 6.25. The normalized spacial score (nSPS) is 15.1. The SMILES string of the molecule is CCCC1=C(C(=O)OCC)C(c2ccc(OCCC(C)C)c(OCC)c2)n2c(nc3ccccc32)N1. The number of hydrogen-bond donors (Lipinski definition) is 1. The van der Waals surface area contributed by atoms with E-state index in [1.165, 1.54) is 0 Å². The Labute approximate surface area is 213 Å². The third-order valence-corrected chi connectivity index (χ3v) is 6.25. The monoisotopic (exact) mass is 491 g/mol. The number of aromatic nitrogens is 2. The number of nitrogens with zero attached hydrogens (tertiary/aromatic N) is 2. The van der Waals surface area contributed by atoms with Crippen LogP contribution in [0.1, 0.15) is 65.5 Å². The topological polar surface area (TPSA) is 74.6 Å². The highest BCUT2D eigenvalue weighted by molar-refractivity contribution is 5.94. The summed E-state index contributed by atoms with van der Waals surface area (Å²) in [4.78, 5) is 18.3. The van der Waals surface area contributed by atoms with E-state index in [0.29, 0.717) is 55.2 Å². The molecule has 1 atom stereocenters. The van der Waals surface area contributed by atoms with Gasteiger partial charge in [0.25, 0.3) is 0 Å². The maximum absolute atomic E-state index is 13.4. The number of para-hydroxylation sites is 2. The van der Waals surface area contributed by atoms with Crippen LogP contribution in [0.3, 0.4) is 0 Å². The van der Waals surface area contributed by atoms with E-state index >= 15 is 0 Å². The van der Waals surface area contributed by atoms with Gasteiger partial charge in [0.05, 0.1) is 42.5 Å². The Hall–Kier alpha value is -3.48. The van der Waals surface area contributed by atoms with Gasteiger partial charge in [0.15, 0.2) is 11.5 Å². The smallest absolute Gasteiger partial charge is 0.338 e. The Kier molecular flexibility index (Phi) is 8.18. The Morgan fingerprint density at radius 2 is 1.86 bits per heavy atom. The van der Waals surface area contributed by atoms with Crippen molar-refractivity contribution in [2.24, 2.45) is 5.92 Å². The number of rotatable bonds is 11. The number of anilines is 1. The number of esters is 1. The van der Waals surface area contributed by atoms with Gasteiger partial charge in [-0.2, -0.15) is 0 Å². The number of hydrogen-bond acceptors (Lipinski definition) is 6. The van der Waals surface area contributed by atoms with Gasteiger partial charge in [-0.15, -0.1) is 0 Å². The summed E-state index contributed by atoms with van der Waals surface area (Å²) in [6.45, 7) is 11.7. The molecule has 0 fully saturated rings. The predicted octanol–water partition coefficient (Wildman–Crippen LogP) is 6.49. The number of carbonyl (C=O) groups is 1. The lowest BCUT2D eigenvalue weighted by molar-refractivity contribution is -0.139. The first-order chi connectivity index (χ1) is 17.5. The molecule has 0 bridgehead atoms. The van der Waals surface area contributed by atoms with Crippen LogP contribution < -0.4 is 14.8 Å². The summed E-state index contributed by atoms with van der Waals surface area (Å²) in [5.74, 6) is 2.33. The van der Waals surface area contributed by atoms with Crippen molar-refractivity contribution in [3.8, 4) is 11.5 Å². The standard InChI is InChI=1S/C29H37N3O4/c1-6-11-22-26(28(33)35-8-3)27(32-23-13-10-9-12-21(23)30-29(32)31-22)20-14-15-24(25(18-20)34-7-2)36-17-16-19(4)5/h9-10,12-15,18-19,27H,6-8,11,16-17H2,1-5H3,(H,30,31). The van der Waals surface area contributed by atoms with Crippen LogP contribution in [0.25, 0.3) is 11.0 Å². The number of ether oxygens (including phenoxy) is 3. The zero-order chi connectivity index (χ0) is 25.7. The van der Waals surface area contributed by atoms with E-state index in [1.807, 2.05) is 56.3 Å². The van der Waals surface area contributed by atoms with Crippen molar-refractivity contribution in [3.05, 3.63) is 59.3 Å². The molecule has 36 heavy (non-hydrogen) atoms. The Morgan fingerprint density at radius 3 is 2.58 bits per heavy atom. The summed E-state index contributed by atoms with van der Waals surface area (Å²) in [7, 11) is 0. The largest absolute Gasteiger partial charge is 0.490 e. The van der Waals surface area contributed by atoms with Gasteiger partial charge in [-0.05, 0) is 62.4 Å². The molecule has 1 aliphatic heterocycles. The first kappa shape index (κ1) is 25.6. The lowest BCUT2D eigenvalue weighted by Gasteiger charge is -2.31. The Bertz CT molecular complexity index is 1240. The minimum Gasteiger partial charge on any atom is -0.490 e. The van der Waals surface area contributed by atoms with Crippen LogP contribution in [0.2, 0.25) is 0 Å². The van der Waals surface area contributed by atoms with Gasteiger partial charge in [-0.3, -0.25) is 4.57 Å². The quantitative estimate of drug-likeness (QED) is 0.309. The zero-order valence-corrected chi connectivity index (χ0v) is 22.0. The van der Waals surface area contributed by atoms with E-state index < -0.39 is 6.04 Å². The first-order valence-corrected chi connectivity index (χ1v) is 13.0. The maximum atomic E-state index is 13.4. The fraction of sp³-hybridized carbons (Fsp3) is 0.448. The van der Waals surface area contributed by atoms with Crippen LogP contribution in [0.15, 0.2) is 53.7 Å². The van der Waals surface area contributed by atoms with E-state index in [-0.39, 0.29) is 5.97 Å². The molecule has 4 rings (SSSR count). The van der Waals surface area contributed by atoms with Crippen LogP contribution >= 0.6 is 0 Å². The maximum Gasteiger partial charge on any atom is 0.338 e. The number of carbonyl (C=O) groups excluding carboxylic acids is 1. The van der Waals surface area contributed by atoms with Crippen molar-refractivity contribution >= 4 is 23.0 Å². The average molecular weight is 492 g/mol. The minimum absolute atomic E-state index is 0.304. The molecule has 7 heteroatoms. The molecule has 0 spiro atoms. The highest BCUT2D eigenvalue weighted by Crippen LogP contribution is 2.42. The predicted molar refractivity (Wildman–Crippen MR) is 143 cm³/mol. The lowest BCUT2D eigenvalue weighted by Crippen LogP contribution is -2.29. The number of allylic oxidation sites excluding steroid dienone is 1. The molecule has 7 nitrogen and oxygen atoms in total. The number of imidazole rings is 1. The highest BCUT2D eigenvalue weighted by atomic mass is 16.5. The van der Waals surface area contributed by atoms with Crippen molar-refractivity contribution in [1.82, 2.24) is 9.55 Å². The second kappa shape index (κ2) is 11.5. The number of nitrogens with one attached hydrogen (secondary N) is 1. The summed E-state index contributed by atoms with van der Waals surface area (Å²) in [6.07, 6.45) is 2.55. The van der Waals surface area contributed by atoms with E-state index in [0.717, 1.165) is 35.1 Å². The Morgan fingerprint density at radius 1 is 1.06 bits per heavy atom. The van der Waals surface area contributed by atoms with Crippen molar-refractivity contribution in [3.63, 3.8) is 0 Å². The van der Waals surface area contributed by atoms with Crippen molar-refractivity contribution in [2.45, 2.75) is 59.9 Å². The van der Waals surface area contributed by atoms with E-state index in [4.69, 9.17) is 19.2 Å². The van der Waals surface area contributed by atoms with Gasteiger partial charge in [0.1, 0.15) is 0 Å². The van der Waals surface area contributed by atoms with Gasteiger partial charge in [0.2, 0.25) is 5.95 Å². The fourth-order valence-electron chi connectivity index (χ4n) is 4.58. The lowest BCUT2D eigenvalue weighted by atomic mass is 9.93. The molecule has 0 saturated heterocycles. The van der Waals surface area contributed by atoms with Crippen LogP contribution in [0.5, 0.6) is 11.5 Å². The van der Waals surface area contributed by atoms with Gasteiger partial charge in [-0.1, -0.05) is 45.4 Å². The fourth-order valence-corrected chi connectivity index (χ4v) is 4.58. The molecule has 1 unspecified atom stereocenters. The van der Waals surface area contributed by atoms with Crippen LogP contribution in [0.4, 0.5) is 5.95 Å². The molecule has 192 valence electrons. The van der Waals surface area contributed by atoms with Crippen LogP contribution in [-0.2, 0) is 9.53 Å². The molecule has 0 aliphatic carbocycles. The van der Waals surface area contributed by atoms with Gasteiger partial charge >= 0.3 is 5.97 Å². The van der Waals surface area contributed by atoms with Crippen LogP contribution in [-0.4, -0.2) is 35.3 Å². The summed E-state index contributed by atoms with van der Waals surface area (Å²) in [5.41, 5.74) is 4.17. The summed E-state index contributed by atoms with van der Waals surface area (Å²) in [5, 5.41) is 3.44. The van der Waals surface area contributed by atoms with E-state index in [2.05, 4.69) is 30.7 Å². The molecule has 1 aliphatic rings. The second-order valence-electron chi connectivity index (χ2n) is 9.35. The summed E-state index contributed by atoms with van der Waals surface area (Å²) >= 11 is 0. The molecule has 1 aromatic heterocycles. The summed E-state index contributed by atoms with van der Waals surface area (Å²) in [6, 6.07) is 13.5. The third kappa shape index (κ3) is 5.20. The minimum atomic E-state index is -0.418. The van der Waals surface area contributed by atoms with Crippen molar-refractivity contribution in [1.29, 1.82) is 0 Å². The van der Waals surface area contributed by atoms with Crippen LogP contribution in [0, 0.1) is 5.92 Å². The molecular formula is C29H37N3O4. The molecule has 0 amide bonds. The first-order valence-electron chi connectivity index (χ1n) is 13.0. The highest BCUT2D eigenvalue weighted by Gasteiger charge is 2.36. The summed E-state index contributed by atoms with van der Waals surface area (Å²) < 4.78 is 19.7. The molecule has 2 aromatic carbocycles.